The minimum absolute atomic E-state index is 0.00614. The molecule has 2 rings (SSSR count). The fourth-order valence-electron chi connectivity index (χ4n) is 3.31. The summed E-state index contributed by atoms with van der Waals surface area (Å²) in [5.74, 6) is 1.98. The van der Waals surface area contributed by atoms with E-state index < -0.39 is 0 Å². The van der Waals surface area contributed by atoms with Crippen LogP contribution in [-0.4, -0.2) is 57.2 Å². The summed E-state index contributed by atoms with van der Waals surface area (Å²) in [5, 5.41) is 3.37. The first-order valence-electron chi connectivity index (χ1n) is 9.34. The topological polar surface area (TPSA) is 63.2 Å². The van der Waals surface area contributed by atoms with E-state index in [0.717, 1.165) is 44.2 Å². The lowest BCUT2D eigenvalue weighted by Crippen LogP contribution is -2.46. The molecule has 1 aliphatic rings. The van der Waals surface area contributed by atoms with Crippen molar-refractivity contribution in [3.05, 3.63) is 29.8 Å². The van der Waals surface area contributed by atoms with Gasteiger partial charge in [0.2, 0.25) is 0 Å². The molecule has 1 aromatic rings. The minimum Gasteiger partial charge on any atom is -0.496 e. The zero-order valence-corrected chi connectivity index (χ0v) is 16.3. The number of likely N-dealkylation sites (tertiary alicyclic amines) is 1. The van der Waals surface area contributed by atoms with Gasteiger partial charge in [-0.2, -0.15) is 0 Å². The Balaban J connectivity index is 2.01. The number of hydrogen-bond acceptors (Lipinski definition) is 4. The molecule has 0 saturated carbocycles. The summed E-state index contributed by atoms with van der Waals surface area (Å²) in [6.45, 7) is 7.36. The fraction of sp³-hybridized carbons (Fsp3) is 0.600. The van der Waals surface area contributed by atoms with Gasteiger partial charge >= 0.3 is 5.97 Å². The molecule has 26 heavy (non-hydrogen) atoms. The number of ether oxygens (including phenoxy) is 2. The van der Waals surface area contributed by atoms with Gasteiger partial charge in [-0.25, -0.2) is 0 Å². The summed E-state index contributed by atoms with van der Waals surface area (Å²) in [6.07, 6.45) is 1.61. The number of carbonyl (C=O) groups excluding carboxylic acids is 1. The van der Waals surface area contributed by atoms with Crippen LogP contribution in [0, 0.1) is 5.92 Å². The smallest absolute Gasteiger partial charge is 0.308 e. The van der Waals surface area contributed by atoms with E-state index in [-0.39, 0.29) is 17.8 Å². The number of benzene rings is 1. The van der Waals surface area contributed by atoms with E-state index in [1.54, 1.807) is 7.11 Å². The molecule has 1 aliphatic heterocycles. The number of esters is 1. The van der Waals surface area contributed by atoms with E-state index in [0.29, 0.717) is 6.54 Å². The summed E-state index contributed by atoms with van der Waals surface area (Å²) in [7, 11) is 3.16. The molecule has 6 heteroatoms. The van der Waals surface area contributed by atoms with Crippen LogP contribution in [0.5, 0.6) is 5.75 Å². The average molecular weight is 361 g/mol. The summed E-state index contributed by atoms with van der Waals surface area (Å²) in [6, 6.07) is 8.08. The first-order valence-corrected chi connectivity index (χ1v) is 9.34. The number of methoxy groups -OCH3 is 2. The van der Waals surface area contributed by atoms with Crippen LogP contribution in [0.3, 0.4) is 0 Å². The van der Waals surface area contributed by atoms with Crippen LogP contribution in [0.15, 0.2) is 29.3 Å². The lowest BCUT2D eigenvalue weighted by molar-refractivity contribution is -0.146. The number of nitrogens with zero attached hydrogens (tertiary/aromatic N) is 2. The molecule has 1 N–H and O–H groups in total. The predicted octanol–water partition coefficient (Wildman–Crippen LogP) is 2.65. The van der Waals surface area contributed by atoms with Crippen molar-refractivity contribution in [1.29, 1.82) is 0 Å². The van der Waals surface area contributed by atoms with E-state index in [1.807, 2.05) is 18.2 Å². The van der Waals surface area contributed by atoms with Crippen molar-refractivity contribution in [1.82, 2.24) is 10.2 Å². The van der Waals surface area contributed by atoms with Gasteiger partial charge in [0.25, 0.3) is 0 Å². The Morgan fingerprint density at radius 1 is 1.31 bits per heavy atom. The summed E-state index contributed by atoms with van der Waals surface area (Å²) < 4.78 is 10.3. The number of piperidine rings is 1. The minimum atomic E-state index is -0.101. The third-order valence-electron chi connectivity index (χ3n) is 4.85. The highest BCUT2D eigenvalue weighted by Crippen LogP contribution is 2.26. The van der Waals surface area contributed by atoms with Crippen molar-refractivity contribution in [2.24, 2.45) is 10.9 Å². The van der Waals surface area contributed by atoms with Crippen LogP contribution in [-0.2, 0) is 9.53 Å². The summed E-state index contributed by atoms with van der Waals surface area (Å²) in [5.41, 5.74) is 1.17. The monoisotopic (exact) mass is 361 g/mol. The number of hydrogen-bond donors (Lipinski definition) is 1. The van der Waals surface area contributed by atoms with Crippen molar-refractivity contribution in [3.63, 3.8) is 0 Å². The maximum Gasteiger partial charge on any atom is 0.308 e. The Kier molecular flexibility index (Phi) is 7.75. The Morgan fingerprint density at radius 3 is 2.62 bits per heavy atom. The Hall–Kier alpha value is -2.24. The Morgan fingerprint density at radius 2 is 2.00 bits per heavy atom. The van der Waals surface area contributed by atoms with Crippen LogP contribution in [0.4, 0.5) is 0 Å². The van der Waals surface area contributed by atoms with Gasteiger partial charge < -0.3 is 19.7 Å². The number of rotatable bonds is 6. The number of guanidine groups is 1. The molecule has 1 heterocycles. The Labute approximate surface area is 156 Å². The van der Waals surface area contributed by atoms with Crippen LogP contribution < -0.4 is 10.1 Å². The zero-order valence-electron chi connectivity index (χ0n) is 16.3. The molecule has 1 fully saturated rings. The van der Waals surface area contributed by atoms with Crippen molar-refractivity contribution < 1.29 is 14.3 Å². The molecule has 144 valence electrons. The molecular formula is C20H31N3O3. The van der Waals surface area contributed by atoms with Gasteiger partial charge in [-0.3, -0.25) is 9.79 Å². The number of nitrogens with one attached hydrogen (secondary N) is 1. The van der Waals surface area contributed by atoms with Gasteiger partial charge in [0.05, 0.1) is 20.1 Å². The molecule has 0 radical (unpaired) electrons. The van der Waals surface area contributed by atoms with Crippen LogP contribution in [0.25, 0.3) is 0 Å². The lowest BCUT2D eigenvalue weighted by atomic mass is 9.97. The largest absolute Gasteiger partial charge is 0.496 e. The van der Waals surface area contributed by atoms with Crippen molar-refractivity contribution in [3.8, 4) is 5.75 Å². The second-order valence-electron chi connectivity index (χ2n) is 6.62. The molecule has 0 spiro atoms. The summed E-state index contributed by atoms with van der Waals surface area (Å²) in [4.78, 5) is 18.8. The van der Waals surface area contributed by atoms with Gasteiger partial charge in [0, 0.05) is 32.1 Å². The first kappa shape index (κ1) is 20.1. The van der Waals surface area contributed by atoms with Crippen LogP contribution in [0.1, 0.15) is 38.2 Å². The highest BCUT2D eigenvalue weighted by Gasteiger charge is 2.27. The molecule has 1 aromatic carbocycles. The average Bonchev–Trinajstić information content (AvgIpc) is 2.70. The van der Waals surface area contributed by atoms with E-state index in [4.69, 9.17) is 14.5 Å². The normalized spacial score (nSPS) is 16.9. The number of aliphatic imine (C=N–C) groups is 1. The van der Waals surface area contributed by atoms with Gasteiger partial charge in [0.15, 0.2) is 5.96 Å². The number of carbonyl (C=O) groups is 1. The van der Waals surface area contributed by atoms with Crippen molar-refractivity contribution in [2.45, 2.75) is 32.6 Å². The van der Waals surface area contributed by atoms with Gasteiger partial charge in [-0.1, -0.05) is 25.1 Å². The fourth-order valence-corrected chi connectivity index (χ4v) is 3.31. The highest BCUT2D eigenvalue weighted by molar-refractivity contribution is 5.80. The maximum atomic E-state index is 11.7. The second kappa shape index (κ2) is 10.0. The zero-order chi connectivity index (χ0) is 18.9. The van der Waals surface area contributed by atoms with Crippen molar-refractivity contribution >= 4 is 11.9 Å². The van der Waals surface area contributed by atoms with Gasteiger partial charge in [-0.15, -0.1) is 0 Å². The third kappa shape index (κ3) is 5.13. The molecule has 0 bridgehead atoms. The molecular weight excluding hydrogens is 330 g/mol. The lowest BCUT2D eigenvalue weighted by Gasteiger charge is -2.33. The predicted molar refractivity (Wildman–Crippen MR) is 104 cm³/mol. The standard InChI is InChI=1S/C20H31N3O3/c1-5-21-20(23-12-10-16(11-13-23)19(24)26-4)22-14-15(2)17-8-6-7-9-18(17)25-3/h6-9,15-16H,5,10-14H2,1-4H3,(H,21,22). The summed E-state index contributed by atoms with van der Waals surface area (Å²) >= 11 is 0. The van der Waals surface area contributed by atoms with Crippen molar-refractivity contribution in [2.75, 3.05) is 40.4 Å². The quantitative estimate of drug-likeness (QED) is 0.479. The van der Waals surface area contributed by atoms with Crippen LogP contribution >= 0.6 is 0 Å². The van der Waals surface area contributed by atoms with E-state index in [9.17, 15) is 4.79 Å². The molecule has 0 aliphatic carbocycles. The van der Waals surface area contributed by atoms with E-state index >= 15 is 0 Å². The SMILES string of the molecule is CCNC(=NCC(C)c1ccccc1OC)N1CCC(C(=O)OC)CC1. The molecule has 1 atom stereocenters. The van der Waals surface area contributed by atoms with Crippen LogP contribution in [0.2, 0.25) is 0 Å². The maximum absolute atomic E-state index is 11.7. The molecule has 6 nitrogen and oxygen atoms in total. The molecule has 0 amide bonds. The second-order valence-corrected chi connectivity index (χ2v) is 6.62. The highest BCUT2D eigenvalue weighted by atomic mass is 16.5. The van der Waals surface area contributed by atoms with E-state index in [2.05, 4.69) is 30.1 Å². The third-order valence-corrected chi connectivity index (χ3v) is 4.85. The van der Waals surface area contributed by atoms with Gasteiger partial charge in [0.1, 0.15) is 5.75 Å². The molecule has 0 aromatic heterocycles. The molecule has 1 saturated heterocycles. The Bertz CT molecular complexity index is 610. The first-order chi connectivity index (χ1) is 12.6. The van der Waals surface area contributed by atoms with E-state index in [1.165, 1.54) is 12.7 Å². The molecule has 1 unspecified atom stereocenters. The van der Waals surface area contributed by atoms with Gasteiger partial charge in [-0.05, 0) is 31.4 Å². The number of para-hydroxylation sites is 1.